The maximum absolute atomic E-state index is 3.12. The lowest BCUT2D eigenvalue weighted by Gasteiger charge is -2.51. The average Bonchev–Trinajstić information content (AvgIpc) is 2.46. The molecule has 0 rings (SSSR count). The quantitative estimate of drug-likeness (QED) is 0.402. The highest BCUT2D eigenvalue weighted by molar-refractivity contribution is 7.18. The first-order valence-electron chi connectivity index (χ1n) is 8.37. The van der Waals surface area contributed by atoms with Crippen LogP contribution in [0, 0.1) is 0 Å². The van der Waals surface area contributed by atoms with Crippen LogP contribution < -0.4 is 0 Å². The van der Waals surface area contributed by atoms with E-state index in [0.29, 0.717) is 0 Å². The zero-order valence-electron chi connectivity index (χ0n) is 14.8. The van der Waals surface area contributed by atoms with Crippen LogP contribution in [-0.2, 0) is 0 Å². The van der Waals surface area contributed by atoms with Crippen molar-refractivity contribution in [2.45, 2.75) is 64.8 Å². The van der Waals surface area contributed by atoms with Crippen molar-refractivity contribution in [3.63, 3.8) is 0 Å². The molecule has 0 bridgehead atoms. The zero-order valence-corrected chi connectivity index (χ0v) is 15.9. The smallest absolute Gasteiger partial charge is 0.143 e. The molecule has 4 heteroatoms. The van der Waals surface area contributed by atoms with Crippen molar-refractivity contribution in [3.8, 4) is 0 Å². The zero-order chi connectivity index (χ0) is 15.6. The van der Waals surface area contributed by atoms with Crippen molar-refractivity contribution in [2.75, 3.05) is 40.8 Å². The molecule has 0 radical (unpaired) electrons. The third-order valence-electron chi connectivity index (χ3n) is 4.23. The second-order valence-electron chi connectivity index (χ2n) is 6.01. The van der Waals surface area contributed by atoms with E-state index >= 15 is 0 Å². The summed E-state index contributed by atoms with van der Waals surface area (Å²) in [4.78, 5) is 7.48. The molecule has 0 aliphatic rings. The summed E-state index contributed by atoms with van der Waals surface area (Å²) >= 11 is 0. The van der Waals surface area contributed by atoms with Crippen molar-refractivity contribution >= 4 is 9.24 Å². The minimum absolute atomic E-state index is 0.0560. The molecule has 0 aromatic carbocycles. The molecule has 0 N–H and O–H groups in total. The van der Waals surface area contributed by atoms with Crippen LogP contribution in [0.15, 0.2) is 0 Å². The second kappa shape index (κ2) is 11.0. The van der Waals surface area contributed by atoms with E-state index in [9.17, 15) is 0 Å². The Morgan fingerprint density at radius 1 is 0.650 bits per heavy atom. The minimum atomic E-state index is -0.0560. The fraction of sp³-hybridized carbons (Fsp3) is 1.00. The molecular formula is C16H38N3P. The molecule has 3 nitrogen and oxygen atoms in total. The van der Waals surface area contributed by atoms with Crippen LogP contribution in [0.1, 0.15) is 59.3 Å². The number of unbranched alkanes of at least 4 members (excludes halogenated alkanes) is 3. The third-order valence-corrected chi connectivity index (χ3v) is 5.55. The first-order valence-corrected chi connectivity index (χ1v) is 8.95. The van der Waals surface area contributed by atoms with E-state index in [2.05, 4.69) is 65.9 Å². The van der Waals surface area contributed by atoms with Crippen molar-refractivity contribution in [1.82, 2.24) is 14.7 Å². The van der Waals surface area contributed by atoms with Gasteiger partial charge in [0.25, 0.3) is 0 Å². The fourth-order valence-electron chi connectivity index (χ4n) is 2.55. The number of nitrogens with zero attached hydrogens (tertiary/aromatic N) is 3. The van der Waals surface area contributed by atoms with E-state index in [-0.39, 0.29) is 5.53 Å². The molecule has 0 saturated carbocycles. The number of hydrogen-bond acceptors (Lipinski definition) is 3. The Morgan fingerprint density at radius 3 is 1.10 bits per heavy atom. The van der Waals surface area contributed by atoms with Crippen LogP contribution >= 0.6 is 9.24 Å². The maximum Gasteiger partial charge on any atom is 0.143 e. The maximum atomic E-state index is 3.12. The Morgan fingerprint density at radius 2 is 0.900 bits per heavy atom. The summed E-state index contributed by atoms with van der Waals surface area (Å²) in [7, 11) is 9.90. The molecule has 0 aromatic heterocycles. The molecule has 0 spiro atoms. The highest BCUT2D eigenvalue weighted by Gasteiger charge is 2.37. The van der Waals surface area contributed by atoms with Gasteiger partial charge in [-0.1, -0.05) is 49.3 Å². The lowest BCUT2D eigenvalue weighted by Crippen LogP contribution is -2.63. The number of rotatable bonds is 12. The molecular weight excluding hydrogens is 265 g/mol. The molecule has 20 heavy (non-hydrogen) atoms. The van der Waals surface area contributed by atoms with E-state index in [1.807, 2.05) is 0 Å². The van der Waals surface area contributed by atoms with Crippen molar-refractivity contribution in [2.24, 2.45) is 0 Å². The van der Waals surface area contributed by atoms with Gasteiger partial charge in [-0.15, -0.1) is 0 Å². The third kappa shape index (κ3) is 5.97. The Hall–Kier alpha value is 0.310. The topological polar surface area (TPSA) is 9.72 Å². The van der Waals surface area contributed by atoms with Crippen molar-refractivity contribution < 1.29 is 0 Å². The van der Waals surface area contributed by atoms with Crippen LogP contribution in [0.5, 0.6) is 0 Å². The van der Waals surface area contributed by atoms with Gasteiger partial charge in [0.1, 0.15) is 5.53 Å². The first kappa shape index (κ1) is 20.3. The summed E-state index contributed by atoms with van der Waals surface area (Å²) in [6.45, 7) is 10.2. The van der Waals surface area contributed by atoms with Gasteiger partial charge in [-0.3, -0.25) is 14.7 Å². The lowest BCUT2D eigenvalue weighted by molar-refractivity contribution is -0.0684. The molecule has 122 valence electrons. The molecule has 1 atom stereocenters. The first-order chi connectivity index (χ1) is 9.44. The fourth-order valence-corrected chi connectivity index (χ4v) is 2.94. The Balaban J connectivity index is 4.88. The highest BCUT2D eigenvalue weighted by atomic mass is 31.0. The van der Waals surface area contributed by atoms with Gasteiger partial charge in [0, 0.05) is 19.6 Å². The van der Waals surface area contributed by atoms with Crippen LogP contribution in [-0.4, -0.2) is 61.0 Å². The van der Waals surface area contributed by atoms with E-state index in [4.69, 9.17) is 0 Å². The molecule has 0 aliphatic heterocycles. The van der Waals surface area contributed by atoms with Crippen molar-refractivity contribution in [3.05, 3.63) is 0 Å². The monoisotopic (exact) mass is 303 g/mol. The largest absolute Gasteiger partial charge is 0.273 e. The molecule has 0 amide bonds. The highest BCUT2D eigenvalue weighted by Crippen LogP contribution is 2.30. The Bertz CT molecular complexity index is 200. The summed E-state index contributed by atoms with van der Waals surface area (Å²) in [6, 6.07) is 0. The van der Waals surface area contributed by atoms with E-state index in [1.165, 1.54) is 38.5 Å². The molecule has 0 aliphatic carbocycles. The van der Waals surface area contributed by atoms with Gasteiger partial charge >= 0.3 is 0 Å². The van der Waals surface area contributed by atoms with Crippen LogP contribution in [0.25, 0.3) is 0 Å². The van der Waals surface area contributed by atoms with Crippen molar-refractivity contribution in [1.29, 1.82) is 0 Å². The van der Waals surface area contributed by atoms with Gasteiger partial charge in [-0.2, -0.15) is 0 Å². The lowest BCUT2D eigenvalue weighted by atomic mass is 10.2. The standard InChI is InChI=1S/C16H38N3P/c1-7-10-13-17(4)16(20,18(5)14-11-8-2)19(6)15-12-9-3/h7-15,20H2,1-6H3. The van der Waals surface area contributed by atoms with Crippen LogP contribution in [0.3, 0.4) is 0 Å². The van der Waals surface area contributed by atoms with Gasteiger partial charge in [0.15, 0.2) is 0 Å². The van der Waals surface area contributed by atoms with Gasteiger partial charge in [-0.05, 0) is 40.4 Å². The Labute approximate surface area is 130 Å². The Kier molecular flexibility index (Phi) is 11.1. The van der Waals surface area contributed by atoms with E-state index < -0.39 is 0 Å². The summed E-state index contributed by atoms with van der Waals surface area (Å²) in [6.07, 6.45) is 7.54. The van der Waals surface area contributed by atoms with Gasteiger partial charge < -0.3 is 0 Å². The number of hydrogen-bond donors (Lipinski definition) is 0. The molecule has 1 unspecified atom stereocenters. The molecule has 0 aromatic rings. The predicted octanol–water partition coefficient (Wildman–Crippen LogP) is 3.67. The molecule has 0 heterocycles. The molecule has 0 saturated heterocycles. The van der Waals surface area contributed by atoms with Crippen LogP contribution in [0.4, 0.5) is 0 Å². The van der Waals surface area contributed by atoms with E-state index in [1.54, 1.807) is 0 Å². The average molecular weight is 303 g/mol. The van der Waals surface area contributed by atoms with Gasteiger partial charge in [-0.25, -0.2) is 0 Å². The molecule has 0 fully saturated rings. The normalized spacial score (nSPS) is 12.9. The SMILES string of the molecule is CCCCN(C)C(P)(N(C)CCCC)N(C)CCCC. The van der Waals surface area contributed by atoms with Gasteiger partial charge in [0.05, 0.1) is 0 Å². The summed E-state index contributed by atoms with van der Waals surface area (Å²) in [5.74, 6) is 0. The minimum Gasteiger partial charge on any atom is -0.273 e. The van der Waals surface area contributed by atoms with Gasteiger partial charge in [0.2, 0.25) is 0 Å². The predicted molar refractivity (Wildman–Crippen MR) is 95.1 cm³/mol. The van der Waals surface area contributed by atoms with Crippen LogP contribution in [0.2, 0.25) is 0 Å². The summed E-state index contributed by atoms with van der Waals surface area (Å²) < 4.78 is 0. The van der Waals surface area contributed by atoms with E-state index in [0.717, 1.165) is 19.6 Å². The summed E-state index contributed by atoms with van der Waals surface area (Å²) in [5.41, 5.74) is -0.0560. The second-order valence-corrected chi connectivity index (χ2v) is 6.79. The summed E-state index contributed by atoms with van der Waals surface area (Å²) in [5, 5.41) is 0.